The van der Waals surface area contributed by atoms with Gasteiger partial charge in [0.15, 0.2) is 0 Å². The zero-order valence-corrected chi connectivity index (χ0v) is 27.9. The van der Waals surface area contributed by atoms with Crippen molar-refractivity contribution >= 4 is 42.0 Å². The number of pyridine rings is 1. The average Bonchev–Trinajstić information content (AvgIpc) is 3.44. The fourth-order valence-electron chi connectivity index (χ4n) is 4.15. The second-order valence-electron chi connectivity index (χ2n) is 10.3. The Morgan fingerprint density at radius 2 is 1.80 bits per heavy atom. The largest absolute Gasteiger partial charge is 1.00 e. The van der Waals surface area contributed by atoms with Crippen molar-refractivity contribution in [3.63, 3.8) is 0 Å². The van der Waals surface area contributed by atoms with E-state index in [2.05, 4.69) is 15.4 Å². The summed E-state index contributed by atoms with van der Waals surface area (Å²) >= 11 is 1.36. The third-order valence-electron chi connectivity index (χ3n) is 7.05. The Bertz CT molecular complexity index is 1410. The number of thioether (sulfide) groups is 1. The molecule has 2 heterocycles. The minimum Gasteiger partial charge on any atom is -1.00 e. The summed E-state index contributed by atoms with van der Waals surface area (Å²) in [6.45, 7) is 5.05. The Hall–Kier alpha value is -3.11. The van der Waals surface area contributed by atoms with Crippen molar-refractivity contribution in [1.29, 1.82) is 0 Å². The van der Waals surface area contributed by atoms with Crippen LogP contribution < -0.4 is 27.2 Å². The third-order valence-corrected chi connectivity index (χ3v) is 8.41. The van der Waals surface area contributed by atoms with Crippen molar-refractivity contribution in [3.8, 4) is 0 Å². The number of aromatic nitrogens is 4. The number of likely N-dealkylation sites (N-methyl/N-ethyl adjacent to an activating group) is 1. The summed E-state index contributed by atoms with van der Waals surface area (Å²) in [6.07, 6.45) is 0.153. The molecule has 0 saturated carbocycles. The predicted molar refractivity (Wildman–Crippen MR) is 160 cm³/mol. The molecule has 2 atom stereocenters. The number of hydrogen-bond donors (Lipinski definition) is 2. The van der Waals surface area contributed by atoms with E-state index in [1.54, 1.807) is 46.2 Å². The van der Waals surface area contributed by atoms with Crippen molar-refractivity contribution in [1.82, 2.24) is 20.1 Å². The van der Waals surface area contributed by atoms with Crippen molar-refractivity contribution in [2.75, 3.05) is 31.8 Å². The predicted octanol–water partition coefficient (Wildman–Crippen LogP) is 1.09. The SMILES string of the molecule is CNCC(=O)OCc1cccnc1N(C)C(=O)OC(C)[n+]1cnn(CC(O)(c2ccc(C(F)(F)F)cc2)C(C)(C)SC)c1.Cl.[Cl-]. The number of anilines is 1. The molecule has 2 aromatic heterocycles. The summed E-state index contributed by atoms with van der Waals surface area (Å²) in [5, 5.41) is 18.9. The first-order valence-electron chi connectivity index (χ1n) is 13.2. The molecule has 1 amide bonds. The summed E-state index contributed by atoms with van der Waals surface area (Å²) < 4.78 is 52.3. The third kappa shape index (κ3) is 9.69. The summed E-state index contributed by atoms with van der Waals surface area (Å²) in [6, 6.07) is 7.75. The highest BCUT2D eigenvalue weighted by atomic mass is 35.5. The lowest BCUT2D eigenvalue weighted by Crippen LogP contribution is -3.00. The summed E-state index contributed by atoms with van der Waals surface area (Å²) in [5.74, 6) is -0.214. The molecule has 0 bridgehead atoms. The molecule has 3 aromatic rings. The number of ether oxygens (including phenoxy) is 2. The van der Waals surface area contributed by atoms with Gasteiger partial charge in [-0.15, -0.1) is 17.1 Å². The van der Waals surface area contributed by atoms with E-state index in [0.29, 0.717) is 11.1 Å². The summed E-state index contributed by atoms with van der Waals surface area (Å²) in [7, 11) is 3.09. The monoisotopic (exact) mass is 696 g/mol. The quantitative estimate of drug-likeness (QED) is 0.212. The maximum Gasteiger partial charge on any atom is 0.418 e. The second-order valence-corrected chi connectivity index (χ2v) is 11.7. The molecule has 45 heavy (non-hydrogen) atoms. The smallest absolute Gasteiger partial charge is 0.418 e. The van der Waals surface area contributed by atoms with Gasteiger partial charge in [0.1, 0.15) is 24.6 Å². The fourth-order valence-corrected chi connectivity index (χ4v) is 4.67. The van der Waals surface area contributed by atoms with Crippen LogP contribution in [0.2, 0.25) is 0 Å². The van der Waals surface area contributed by atoms with E-state index in [0.717, 1.165) is 12.1 Å². The minimum atomic E-state index is -4.50. The highest BCUT2D eigenvalue weighted by molar-refractivity contribution is 8.00. The first kappa shape index (κ1) is 39.9. The van der Waals surface area contributed by atoms with Gasteiger partial charge in [0.25, 0.3) is 6.33 Å². The van der Waals surface area contributed by atoms with Gasteiger partial charge >= 0.3 is 18.2 Å². The number of carbonyl (C=O) groups excluding carboxylic acids is 2. The van der Waals surface area contributed by atoms with Crippen LogP contribution in [0.15, 0.2) is 55.2 Å². The van der Waals surface area contributed by atoms with Gasteiger partial charge in [-0.3, -0.25) is 9.69 Å². The highest BCUT2D eigenvalue weighted by Gasteiger charge is 2.47. The number of hydrogen-bond acceptors (Lipinski definition) is 9. The van der Waals surface area contributed by atoms with Crippen LogP contribution in [-0.4, -0.2) is 63.6 Å². The number of carbonyl (C=O) groups is 2. The molecule has 3 rings (SSSR count). The second kappa shape index (κ2) is 16.5. The molecule has 0 radical (unpaired) electrons. The van der Waals surface area contributed by atoms with Crippen LogP contribution >= 0.6 is 24.2 Å². The first-order valence-corrected chi connectivity index (χ1v) is 14.4. The van der Waals surface area contributed by atoms with E-state index in [1.165, 1.54) is 63.9 Å². The molecule has 0 aliphatic rings. The van der Waals surface area contributed by atoms with Gasteiger partial charge < -0.3 is 32.3 Å². The van der Waals surface area contributed by atoms with Crippen molar-refractivity contribution in [3.05, 3.63) is 71.9 Å². The lowest BCUT2D eigenvalue weighted by atomic mass is 9.82. The molecule has 2 N–H and O–H groups in total. The molecule has 250 valence electrons. The Morgan fingerprint density at radius 1 is 1.18 bits per heavy atom. The van der Waals surface area contributed by atoms with Crippen molar-refractivity contribution < 1.29 is 54.3 Å². The molecular weight excluding hydrogens is 660 g/mol. The lowest BCUT2D eigenvalue weighted by Gasteiger charge is -2.40. The lowest BCUT2D eigenvalue weighted by molar-refractivity contribution is -0.753. The molecule has 2 unspecified atom stereocenters. The average molecular weight is 698 g/mol. The van der Waals surface area contributed by atoms with Gasteiger partial charge in [-0.25, -0.2) is 9.78 Å². The maximum atomic E-state index is 13.1. The van der Waals surface area contributed by atoms with Crippen LogP contribution in [-0.2, 0) is 39.2 Å². The van der Waals surface area contributed by atoms with Gasteiger partial charge in [-0.05, 0) is 50.9 Å². The minimum absolute atomic E-state index is 0. The number of alkyl halides is 3. The van der Waals surface area contributed by atoms with Crippen LogP contribution in [0.25, 0.3) is 0 Å². The fraction of sp³-hybridized carbons (Fsp3) is 0.464. The molecule has 0 aliphatic carbocycles. The number of aliphatic hydroxyl groups is 1. The van der Waals surface area contributed by atoms with Crippen molar-refractivity contribution in [2.24, 2.45) is 0 Å². The van der Waals surface area contributed by atoms with E-state index >= 15 is 0 Å². The maximum absolute atomic E-state index is 13.1. The number of esters is 1. The van der Waals surface area contributed by atoms with E-state index in [-0.39, 0.29) is 50.3 Å². The Kier molecular flexibility index (Phi) is 14.6. The topological polar surface area (TPSA) is 123 Å². The molecule has 17 heteroatoms. The molecule has 0 fully saturated rings. The van der Waals surface area contributed by atoms with Crippen LogP contribution in [0.3, 0.4) is 0 Å². The Balaban J connectivity index is 0.00000506. The normalized spacial score (nSPS) is 13.5. The van der Waals surface area contributed by atoms with Gasteiger partial charge in [-0.2, -0.15) is 29.5 Å². The van der Waals surface area contributed by atoms with Gasteiger partial charge in [0.2, 0.25) is 12.6 Å². The van der Waals surface area contributed by atoms with Gasteiger partial charge in [-0.1, -0.05) is 18.2 Å². The van der Waals surface area contributed by atoms with E-state index in [4.69, 9.17) is 9.47 Å². The first-order chi connectivity index (χ1) is 20.1. The number of nitrogens with one attached hydrogen (secondary N) is 1. The van der Waals surface area contributed by atoms with E-state index < -0.39 is 40.4 Å². The highest BCUT2D eigenvalue weighted by Crippen LogP contribution is 2.43. The Labute approximate surface area is 276 Å². The summed E-state index contributed by atoms with van der Waals surface area (Å²) in [4.78, 5) is 30.2. The zero-order valence-electron chi connectivity index (χ0n) is 25.5. The van der Waals surface area contributed by atoms with Gasteiger partial charge in [0, 0.05) is 35.6 Å². The number of rotatable bonds is 12. The van der Waals surface area contributed by atoms with Crippen LogP contribution in [0, 0.1) is 0 Å². The van der Waals surface area contributed by atoms with Crippen LogP contribution in [0.5, 0.6) is 0 Å². The van der Waals surface area contributed by atoms with E-state index in [1.807, 2.05) is 0 Å². The van der Waals surface area contributed by atoms with Crippen LogP contribution in [0.4, 0.5) is 23.8 Å². The number of amides is 1. The number of benzene rings is 1. The Morgan fingerprint density at radius 3 is 2.38 bits per heavy atom. The van der Waals surface area contributed by atoms with Gasteiger partial charge in [0.05, 0.1) is 12.1 Å². The molecule has 0 saturated heterocycles. The number of nitrogens with zero attached hydrogens (tertiary/aromatic N) is 5. The molecule has 0 spiro atoms. The molecule has 11 nitrogen and oxygen atoms in total. The van der Waals surface area contributed by atoms with Crippen LogP contribution in [0.1, 0.15) is 43.7 Å². The van der Waals surface area contributed by atoms with Crippen molar-refractivity contribution in [2.45, 2.75) is 56.7 Å². The summed E-state index contributed by atoms with van der Waals surface area (Å²) in [5.41, 5.74) is -1.64. The van der Waals surface area contributed by atoms with E-state index in [9.17, 15) is 27.9 Å². The number of halogens is 5. The molecule has 1 aromatic carbocycles. The zero-order chi connectivity index (χ0) is 32.0. The molecule has 0 aliphatic heterocycles. The standard InChI is InChI=1S/C28H36F3N6O5S.2ClH/c1-19(42-25(39)35(5)24-20(8-7-13-33-24)15-41-23(38)14-32-4)36-17-34-37(18-36)16-27(40,26(2,3)43-6)21-9-11-22(12-10-21)28(29,30)31;;/h7-13,17-19,32,40H,14-16H2,1-6H3;2*1H/q+1;;/p-1. The molecular formula is C28H37Cl2F3N6O5S.